The van der Waals surface area contributed by atoms with Gasteiger partial charge in [-0.05, 0) is 42.0 Å². The minimum atomic E-state index is -0.157. The number of benzene rings is 1. The van der Waals surface area contributed by atoms with E-state index in [-0.39, 0.29) is 5.56 Å². The van der Waals surface area contributed by atoms with E-state index in [0.29, 0.717) is 17.0 Å². The SMILES string of the molecule is COc1ccc(Oc2nn(C)c(=O)c3c(-c4ccncc4)csc23)cc1. The van der Waals surface area contributed by atoms with Gasteiger partial charge < -0.3 is 9.47 Å². The molecule has 7 heteroatoms. The number of pyridine rings is 1. The summed E-state index contributed by atoms with van der Waals surface area (Å²) < 4.78 is 13.1. The van der Waals surface area contributed by atoms with E-state index in [9.17, 15) is 4.79 Å². The molecule has 0 bridgehead atoms. The Morgan fingerprint density at radius 3 is 2.42 bits per heavy atom. The highest BCUT2D eigenvalue weighted by molar-refractivity contribution is 7.18. The van der Waals surface area contributed by atoms with E-state index in [1.165, 1.54) is 16.0 Å². The van der Waals surface area contributed by atoms with Crippen LogP contribution in [0.3, 0.4) is 0 Å². The molecule has 0 amide bonds. The second kappa shape index (κ2) is 6.61. The maximum Gasteiger partial charge on any atom is 0.276 e. The highest BCUT2D eigenvalue weighted by Crippen LogP contribution is 2.37. The molecule has 130 valence electrons. The Morgan fingerprint density at radius 1 is 1.04 bits per heavy atom. The van der Waals surface area contributed by atoms with E-state index < -0.39 is 0 Å². The van der Waals surface area contributed by atoms with Crippen LogP contribution in [0.2, 0.25) is 0 Å². The quantitative estimate of drug-likeness (QED) is 0.549. The molecule has 0 atom stereocenters. The van der Waals surface area contributed by atoms with Crippen LogP contribution in [0.1, 0.15) is 0 Å². The molecule has 0 spiro atoms. The average Bonchev–Trinajstić information content (AvgIpc) is 3.13. The van der Waals surface area contributed by atoms with Gasteiger partial charge in [-0.2, -0.15) is 0 Å². The van der Waals surface area contributed by atoms with E-state index in [1.807, 2.05) is 29.6 Å². The Hall–Kier alpha value is -3.19. The number of ether oxygens (including phenoxy) is 2. The van der Waals surface area contributed by atoms with Gasteiger partial charge in [-0.1, -0.05) is 0 Å². The first kappa shape index (κ1) is 16.3. The largest absolute Gasteiger partial charge is 0.497 e. The van der Waals surface area contributed by atoms with Crippen molar-refractivity contribution in [2.24, 2.45) is 7.05 Å². The predicted molar refractivity (Wildman–Crippen MR) is 101 cm³/mol. The van der Waals surface area contributed by atoms with Crippen LogP contribution >= 0.6 is 11.3 Å². The van der Waals surface area contributed by atoms with Crippen molar-refractivity contribution in [2.75, 3.05) is 7.11 Å². The van der Waals surface area contributed by atoms with Crippen molar-refractivity contribution in [3.8, 4) is 28.5 Å². The summed E-state index contributed by atoms with van der Waals surface area (Å²) in [6.07, 6.45) is 3.42. The van der Waals surface area contributed by atoms with Crippen LogP contribution in [0.15, 0.2) is 59.0 Å². The van der Waals surface area contributed by atoms with Crippen LogP contribution in [-0.2, 0) is 7.05 Å². The Bertz CT molecular complexity index is 1120. The lowest BCUT2D eigenvalue weighted by atomic mass is 10.1. The van der Waals surface area contributed by atoms with Gasteiger partial charge in [0.1, 0.15) is 16.2 Å². The molecule has 0 unspecified atom stereocenters. The Balaban J connectivity index is 1.84. The van der Waals surface area contributed by atoms with Crippen LogP contribution in [-0.4, -0.2) is 21.9 Å². The molecule has 0 aliphatic rings. The summed E-state index contributed by atoms with van der Waals surface area (Å²) >= 11 is 1.44. The van der Waals surface area contributed by atoms with Crippen molar-refractivity contribution in [2.45, 2.75) is 0 Å². The molecule has 0 radical (unpaired) electrons. The molecule has 0 aliphatic carbocycles. The third-order valence-corrected chi connectivity index (χ3v) is 4.97. The fourth-order valence-electron chi connectivity index (χ4n) is 2.68. The number of thiophene rings is 1. The lowest BCUT2D eigenvalue weighted by Crippen LogP contribution is -2.19. The van der Waals surface area contributed by atoms with Gasteiger partial charge in [0.25, 0.3) is 11.4 Å². The molecule has 0 aliphatic heterocycles. The molecule has 0 saturated heterocycles. The summed E-state index contributed by atoms with van der Waals surface area (Å²) in [6.45, 7) is 0. The van der Waals surface area contributed by atoms with Crippen LogP contribution in [0.5, 0.6) is 17.4 Å². The third-order valence-electron chi connectivity index (χ3n) is 4.00. The summed E-state index contributed by atoms with van der Waals surface area (Å²) in [5.74, 6) is 1.77. The van der Waals surface area contributed by atoms with Crippen molar-refractivity contribution in [1.29, 1.82) is 0 Å². The standard InChI is InChI=1S/C19H15N3O3S/c1-22-19(23)16-15(12-7-9-20-10-8-12)11-26-17(16)18(21-22)25-14-5-3-13(24-2)4-6-14/h3-11H,1-2H3. The normalized spacial score (nSPS) is 10.8. The molecule has 0 N–H and O–H groups in total. The van der Waals surface area contributed by atoms with Crippen molar-refractivity contribution in [3.63, 3.8) is 0 Å². The molecular formula is C19H15N3O3S. The summed E-state index contributed by atoms with van der Waals surface area (Å²) in [4.78, 5) is 16.7. The van der Waals surface area contributed by atoms with Crippen LogP contribution < -0.4 is 15.0 Å². The van der Waals surface area contributed by atoms with Gasteiger partial charge in [-0.3, -0.25) is 9.78 Å². The van der Waals surface area contributed by atoms with Crippen LogP contribution in [0, 0.1) is 0 Å². The monoisotopic (exact) mass is 365 g/mol. The Labute approximate surface area is 153 Å². The number of rotatable bonds is 4. The molecule has 3 aromatic heterocycles. The minimum absolute atomic E-state index is 0.157. The molecule has 0 saturated carbocycles. The second-order valence-electron chi connectivity index (χ2n) is 5.60. The zero-order chi connectivity index (χ0) is 18.1. The van der Waals surface area contributed by atoms with Gasteiger partial charge in [0.2, 0.25) is 0 Å². The van der Waals surface area contributed by atoms with E-state index in [2.05, 4.69) is 10.1 Å². The average molecular weight is 365 g/mol. The van der Waals surface area contributed by atoms with Crippen molar-refractivity contribution >= 4 is 21.4 Å². The zero-order valence-corrected chi connectivity index (χ0v) is 15.0. The first-order valence-electron chi connectivity index (χ1n) is 7.88. The van der Waals surface area contributed by atoms with Crippen molar-refractivity contribution in [3.05, 3.63) is 64.5 Å². The van der Waals surface area contributed by atoms with E-state index in [4.69, 9.17) is 9.47 Å². The van der Waals surface area contributed by atoms with Crippen LogP contribution in [0.4, 0.5) is 0 Å². The van der Waals surface area contributed by atoms with Crippen molar-refractivity contribution in [1.82, 2.24) is 14.8 Å². The number of hydrogen-bond donors (Lipinski definition) is 0. The highest BCUT2D eigenvalue weighted by Gasteiger charge is 2.17. The van der Waals surface area contributed by atoms with E-state index in [1.54, 1.807) is 38.7 Å². The van der Waals surface area contributed by atoms with Crippen LogP contribution in [0.25, 0.3) is 21.2 Å². The summed E-state index contributed by atoms with van der Waals surface area (Å²) in [5.41, 5.74) is 1.63. The van der Waals surface area contributed by atoms with Gasteiger partial charge in [0.05, 0.1) is 12.5 Å². The maximum absolute atomic E-state index is 12.7. The van der Waals surface area contributed by atoms with E-state index >= 15 is 0 Å². The summed E-state index contributed by atoms with van der Waals surface area (Å²) in [7, 11) is 3.23. The van der Waals surface area contributed by atoms with Gasteiger partial charge >= 0.3 is 0 Å². The molecule has 1 aromatic carbocycles. The van der Waals surface area contributed by atoms with Gasteiger partial charge in [-0.15, -0.1) is 16.4 Å². The topological polar surface area (TPSA) is 66.2 Å². The fourth-order valence-corrected chi connectivity index (χ4v) is 3.67. The molecule has 3 heterocycles. The number of fused-ring (bicyclic) bond motifs is 1. The molecule has 26 heavy (non-hydrogen) atoms. The Kier molecular flexibility index (Phi) is 4.14. The molecule has 4 aromatic rings. The number of nitrogens with zero attached hydrogens (tertiary/aromatic N) is 3. The number of methoxy groups -OCH3 is 1. The molecule has 6 nitrogen and oxygen atoms in total. The second-order valence-corrected chi connectivity index (χ2v) is 6.48. The summed E-state index contributed by atoms with van der Waals surface area (Å²) in [5, 5.41) is 6.84. The lowest BCUT2D eigenvalue weighted by Gasteiger charge is -2.08. The number of hydrogen-bond acceptors (Lipinski definition) is 6. The van der Waals surface area contributed by atoms with Gasteiger partial charge in [0.15, 0.2) is 0 Å². The minimum Gasteiger partial charge on any atom is -0.497 e. The first-order valence-corrected chi connectivity index (χ1v) is 8.76. The predicted octanol–water partition coefficient (Wildman–Crippen LogP) is 3.86. The Morgan fingerprint density at radius 2 is 1.73 bits per heavy atom. The molecular weight excluding hydrogens is 350 g/mol. The number of aryl methyl sites for hydroxylation is 1. The fraction of sp³-hybridized carbons (Fsp3) is 0.105. The highest BCUT2D eigenvalue weighted by atomic mass is 32.1. The first-order chi connectivity index (χ1) is 12.7. The molecule has 4 rings (SSSR count). The van der Waals surface area contributed by atoms with Gasteiger partial charge in [-0.25, -0.2) is 4.68 Å². The maximum atomic E-state index is 12.7. The zero-order valence-electron chi connectivity index (χ0n) is 14.2. The van der Waals surface area contributed by atoms with Gasteiger partial charge in [0, 0.05) is 30.4 Å². The third kappa shape index (κ3) is 2.82. The van der Waals surface area contributed by atoms with E-state index in [0.717, 1.165) is 21.6 Å². The number of aromatic nitrogens is 3. The summed E-state index contributed by atoms with van der Waals surface area (Å²) in [6, 6.07) is 11.0. The smallest absolute Gasteiger partial charge is 0.276 e. The lowest BCUT2D eigenvalue weighted by molar-refractivity contribution is 0.411. The van der Waals surface area contributed by atoms with Crippen molar-refractivity contribution < 1.29 is 9.47 Å². The molecule has 0 fully saturated rings.